The molecule has 2 N–H and O–H groups in total. The summed E-state index contributed by atoms with van der Waals surface area (Å²) < 4.78 is 7.50. The SMILES string of the molecule is CC(CCc1ccc(OC(C)C)cc1)NC(=O)c1cn(C2CCNCC2)nn1.Cl. The van der Waals surface area contributed by atoms with Crippen LogP contribution in [0.25, 0.3) is 0 Å². The van der Waals surface area contributed by atoms with Crippen LogP contribution in [0.2, 0.25) is 0 Å². The van der Waals surface area contributed by atoms with Gasteiger partial charge in [0, 0.05) is 6.04 Å². The van der Waals surface area contributed by atoms with Crippen LogP contribution in [0.5, 0.6) is 5.75 Å². The first kappa shape index (κ1) is 23.2. The summed E-state index contributed by atoms with van der Waals surface area (Å²) in [4.78, 5) is 12.5. The lowest BCUT2D eigenvalue weighted by molar-refractivity contribution is 0.0933. The topological polar surface area (TPSA) is 81.1 Å². The van der Waals surface area contributed by atoms with Gasteiger partial charge in [-0.15, -0.1) is 17.5 Å². The molecule has 0 aliphatic carbocycles. The van der Waals surface area contributed by atoms with Gasteiger partial charge < -0.3 is 15.4 Å². The molecule has 1 unspecified atom stereocenters. The first-order chi connectivity index (χ1) is 13.5. The highest BCUT2D eigenvalue weighted by molar-refractivity contribution is 5.92. The number of rotatable bonds is 8. The number of piperidine rings is 1. The van der Waals surface area contributed by atoms with Gasteiger partial charge in [0.15, 0.2) is 5.69 Å². The zero-order chi connectivity index (χ0) is 19.9. The highest BCUT2D eigenvalue weighted by Crippen LogP contribution is 2.17. The highest BCUT2D eigenvalue weighted by atomic mass is 35.5. The number of amides is 1. The number of nitrogens with zero attached hydrogens (tertiary/aromatic N) is 3. The molecule has 0 bridgehead atoms. The van der Waals surface area contributed by atoms with Crippen LogP contribution >= 0.6 is 12.4 Å². The first-order valence-electron chi connectivity index (χ1n) is 10.2. The smallest absolute Gasteiger partial charge is 0.273 e. The molecule has 0 saturated carbocycles. The van der Waals surface area contributed by atoms with Crippen molar-refractivity contribution in [2.24, 2.45) is 0 Å². The minimum Gasteiger partial charge on any atom is -0.491 e. The van der Waals surface area contributed by atoms with Gasteiger partial charge in [-0.2, -0.15) is 0 Å². The molecular formula is C21H32ClN5O2. The Bertz CT molecular complexity index is 757. The third-order valence-corrected chi connectivity index (χ3v) is 4.96. The van der Waals surface area contributed by atoms with E-state index in [0.717, 1.165) is 44.5 Å². The number of ether oxygens (including phenoxy) is 1. The molecule has 1 fully saturated rings. The van der Waals surface area contributed by atoms with E-state index in [1.807, 2.05) is 37.6 Å². The van der Waals surface area contributed by atoms with Crippen LogP contribution in [0.15, 0.2) is 30.5 Å². The van der Waals surface area contributed by atoms with E-state index in [2.05, 4.69) is 33.1 Å². The van der Waals surface area contributed by atoms with Crippen LogP contribution in [0, 0.1) is 0 Å². The summed E-state index contributed by atoms with van der Waals surface area (Å²) in [5.74, 6) is 0.727. The Morgan fingerprint density at radius 2 is 1.93 bits per heavy atom. The predicted octanol–water partition coefficient (Wildman–Crippen LogP) is 3.16. The number of carbonyl (C=O) groups excluding carboxylic acids is 1. The Kier molecular flexibility index (Phi) is 8.92. The summed E-state index contributed by atoms with van der Waals surface area (Å²) in [5, 5.41) is 14.6. The molecule has 1 aromatic carbocycles. The molecule has 2 heterocycles. The van der Waals surface area contributed by atoms with Crippen molar-refractivity contribution >= 4 is 18.3 Å². The number of aryl methyl sites for hydroxylation is 1. The van der Waals surface area contributed by atoms with Crippen molar-refractivity contribution in [3.63, 3.8) is 0 Å². The average molecular weight is 422 g/mol. The summed E-state index contributed by atoms with van der Waals surface area (Å²) in [6.45, 7) is 8.01. The lowest BCUT2D eigenvalue weighted by atomic mass is 10.1. The van der Waals surface area contributed by atoms with Crippen molar-refractivity contribution < 1.29 is 9.53 Å². The lowest BCUT2D eigenvalue weighted by Crippen LogP contribution is -2.33. The Balaban J connectivity index is 0.00000300. The monoisotopic (exact) mass is 421 g/mol. The lowest BCUT2D eigenvalue weighted by Gasteiger charge is -2.22. The molecule has 7 nitrogen and oxygen atoms in total. The van der Waals surface area contributed by atoms with E-state index in [1.54, 1.807) is 6.20 Å². The van der Waals surface area contributed by atoms with Crippen molar-refractivity contribution in [3.8, 4) is 5.75 Å². The van der Waals surface area contributed by atoms with Crippen LogP contribution in [-0.4, -0.2) is 46.1 Å². The van der Waals surface area contributed by atoms with Gasteiger partial charge in [-0.25, -0.2) is 4.68 Å². The number of benzene rings is 1. The third kappa shape index (κ3) is 7.01. The van der Waals surface area contributed by atoms with Gasteiger partial charge in [-0.1, -0.05) is 17.3 Å². The molecular weight excluding hydrogens is 390 g/mol. The largest absolute Gasteiger partial charge is 0.491 e. The minimum atomic E-state index is -0.159. The van der Waals surface area contributed by atoms with Gasteiger partial charge in [-0.05, 0) is 77.2 Å². The van der Waals surface area contributed by atoms with E-state index < -0.39 is 0 Å². The minimum absolute atomic E-state index is 0. The van der Waals surface area contributed by atoms with Crippen LogP contribution in [-0.2, 0) is 6.42 Å². The highest BCUT2D eigenvalue weighted by Gasteiger charge is 2.19. The molecule has 1 aliphatic heterocycles. The van der Waals surface area contributed by atoms with Crippen LogP contribution in [0.1, 0.15) is 62.1 Å². The summed E-state index contributed by atoms with van der Waals surface area (Å²) in [7, 11) is 0. The van der Waals surface area contributed by atoms with Gasteiger partial charge in [-0.3, -0.25) is 4.79 Å². The standard InChI is InChI=1S/C21H31N5O2.ClH/c1-15(2)28-19-8-6-17(7-9-19)5-4-16(3)23-21(27)20-14-26(25-24-20)18-10-12-22-13-11-18;/h6-9,14-16,18,22H,4-5,10-13H2,1-3H3,(H,23,27);1H. The van der Waals surface area contributed by atoms with Gasteiger partial charge in [0.05, 0.1) is 18.3 Å². The molecule has 160 valence electrons. The average Bonchev–Trinajstić information content (AvgIpc) is 3.18. The van der Waals surface area contributed by atoms with Gasteiger partial charge >= 0.3 is 0 Å². The molecule has 1 atom stereocenters. The Labute approximate surface area is 179 Å². The second-order valence-corrected chi connectivity index (χ2v) is 7.79. The quantitative estimate of drug-likeness (QED) is 0.684. The van der Waals surface area contributed by atoms with Crippen molar-refractivity contribution in [1.29, 1.82) is 0 Å². The number of halogens is 1. The van der Waals surface area contributed by atoms with Gasteiger partial charge in [0.25, 0.3) is 5.91 Å². The number of nitrogens with one attached hydrogen (secondary N) is 2. The zero-order valence-electron chi connectivity index (χ0n) is 17.4. The molecule has 0 spiro atoms. The normalized spacial score (nSPS) is 15.6. The van der Waals surface area contributed by atoms with Gasteiger partial charge in [0.2, 0.25) is 0 Å². The Hall–Kier alpha value is -2.12. The van der Waals surface area contributed by atoms with Gasteiger partial charge in [0.1, 0.15) is 5.75 Å². The second kappa shape index (κ2) is 11.2. The second-order valence-electron chi connectivity index (χ2n) is 7.79. The fourth-order valence-electron chi connectivity index (χ4n) is 3.39. The first-order valence-corrected chi connectivity index (χ1v) is 10.2. The van der Waals surface area contributed by atoms with Crippen LogP contribution in [0.3, 0.4) is 0 Å². The van der Waals surface area contributed by atoms with E-state index >= 15 is 0 Å². The number of carbonyl (C=O) groups is 1. The fraction of sp³-hybridized carbons (Fsp3) is 0.571. The maximum absolute atomic E-state index is 12.5. The van der Waals surface area contributed by atoms with E-state index in [1.165, 1.54) is 5.56 Å². The maximum Gasteiger partial charge on any atom is 0.273 e. The molecule has 1 aliphatic rings. The van der Waals surface area contributed by atoms with E-state index in [9.17, 15) is 4.79 Å². The van der Waals surface area contributed by atoms with Crippen molar-refractivity contribution in [1.82, 2.24) is 25.6 Å². The van der Waals surface area contributed by atoms with Crippen LogP contribution < -0.4 is 15.4 Å². The maximum atomic E-state index is 12.5. The number of hydrogen-bond donors (Lipinski definition) is 2. The van der Waals surface area contributed by atoms with E-state index in [-0.39, 0.29) is 30.5 Å². The number of hydrogen-bond acceptors (Lipinski definition) is 5. The summed E-state index contributed by atoms with van der Waals surface area (Å²) in [6.07, 6.45) is 5.73. The van der Waals surface area contributed by atoms with Crippen molar-refractivity contribution in [2.75, 3.05) is 13.1 Å². The predicted molar refractivity (Wildman–Crippen MR) is 116 cm³/mol. The van der Waals surface area contributed by atoms with Crippen LogP contribution in [0.4, 0.5) is 0 Å². The molecule has 0 radical (unpaired) electrons. The van der Waals surface area contributed by atoms with E-state index in [4.69, 9.17) is 4.74 Å². The van der Waals surface area contributed by atoms with Crippen molar-refractivity contribution in [2.45, 2.75) is 64.6 Å². The molecule has 1 amide bonds. The number of aromatic nitrogens is 3. The molecule has 1 saturated heterocycles. The fourth-order valence-corrected chi connectivity index (χ4v) is 3.39. The molecule has 3 rings (SSSR count). The summed E-state index contributed by atoms with van der Waals surface area (Å²) in [6, 6.07) is 8.54. The Morgan fingerprint density at radius 1 is 1.24 bits per heavy atom. The third-order valence-electron chi connectivity index (χ3n) is 4.96. The molecule has 1 aromatic heterocycles. The molecule has 29 heavy (non-hydrogen) atoms. The van der Waals surface area contributed by atoms with Crippen molar-refractivity contribution in [3.05, 3.63) is 41.7 Å². The molecule has 8 heteroatoms. The molecule has 2 aromatic rings. The summed E-state index contributed by atoms with van der Waals surface area (Å²) in [5.41, 5.74) is 1.62. The summed E-state index contributed by atoms with van der Waals surface area (Å²) >= 11 is 0. The Morgan fingerprint density at radius 3 is 2.59 bits per heavy atom. The van der Waals surface area contributed by atoms with E-state index in [0.29, 0.717) is 11.7 Å². The zero-order valence-corrected chi connectivity index (χ0v) is 18.2.